The first-order chi connectivity index (χ1) is 11.0. The molecule has 2 aromatic rings. The molecule has 1 aliphatic rings. The zero-order valence-electron chi connectivity index (χ0n) is 14.3. The van der Waals surface area contributed by atoms with Crippen LogP contribution in [0.1, 0.15) is 36.0 Å². The molecule has 0 saturated carbocycles. The fraction of sp³-hybridized carbons (Fsp3) is 0.588. The number of hydrogen-bond acceptors (Lipinski definition) is 4. The maximum atomic E-state index is 12.5. The number of rotatable bonds is 3. The maximum Gasteiger partial charge on any atom is 0.223 e. The van der Waals surface area contributed by atoms with Gasteiger partial charge in [-0.25, -0.2) is 9.50 Å². The van der Waals surface area contributed by atoms with E-state index >= 15 is 0 Å². The van der Waals surface area contributed by atoms with Crippen molar-refractivity contribution in [2.45, 2.75) is 46.6 Å². The van der Waals surface area contributed by atoms with Crippen molar-refractivity contribution in [3.05, 3.63) is 28.7 Å². The molecule has 1 saturated heterocycles. The van der Waals surface area contributed by atoms with Gasteiger partial charge in [-0.2, -0.15) is 5.10 Å². The third-order valence-corrected chi connectivity index (χ3v) is 4.56. The molecule has 0 N–H and O–H groups in total. The summed E-state index contributed by atoms with van der Waals surface area (Å²) in [5.41, 5.74) is 5.00. The number of carbonyl (C=O) groups excluding carboxylic acids is 1. The van der Waals surface area contributed by atoms with Gasteiger partial charge in [-0.05, 0) is 39.7 Å². The van der Waals surface area contributed by atoms with Crippen LogP contribution >= 0.6 is 0 Å². The van der Waals surface area contributed by atoms with Crippen LogP contribution in [0.4, 0.5) is 0 Å². The summed E-state index contributed by atoms with van der Waals surface area (Å²) < 4.78 is 7.27. The molecule has 1 atom stereocenters. The van der Waals surface area contributed by atoms with Crippen molar-refractivity contribution in [2.75, 3.05) is 19.8 Å². The van der Waals surface area contributed by atoms with Crippen LogP contribution in [-0.4, -0.2) is 51.2 Å². The number of amides is 1. The Kier molecular flexibility index (Phi) is 4.35. The van der Waals surface area contributed by atoms with Crippen molar-refractivity contribution in [1.82, 2.24) is 19.5 Å². The van der Waals surface area contributed by atoms with Gasteiger partial charge in [0.1, 0.15) is 0 Å². The molecule has 0 bridgehead atoms. The van der Waals surface area contributed by atoms with Gasteiger partial charge >= 0.3 is 0 Å². The van der Waals surface area contributed by atoms with Crippen molar-refractivity contribution < 1.29 is 9.53 Å². The molecule has 1 amide bonds. The predicted octanol–water partition coefficient (Wildman–Crippen LogP) is 1.83. The Balaban J connectivity index is 1.77. The first-order valence-corrected chi connectivity index (χ1v) is 8.17. The minimum atomic E-state index is 0.160. The third-order valence-electron chi connectivity index (χ3n) is 4.56. The highest BCUT2D eigenvalue weighted by molar-refractivity contribution is 5.77. The molecule has 3 rings (SSSR count). The van der Waals surface area contributed by atoms with Crippen LogP contribution in [0.3, 0.4) is 0 Å². The van der Waals surface area contributed by atoms with Crippen LogP contribution in [0, 0.1) is 20.8 Å². The van der Waals surface area contributed by atoms with Crippen LogP contribution in [-0.2, 0) is 16.0 Å². The number of hydrogen-bond donors (Lipinski definition) is 0. The second-order valence-electron chi connectivity index (χ2n) is 6.33. The van der Waals surface area contributed by atoms with Gasteiger partial charge in [-0.1, -0.05) is 0 Å². The van der Waals surface area contributed by atoms with E-state index in [9.17, 15) is 4.79 Å². The molecular weight excluding hydrogens is 292 g/mol. The Morgan fingerprint density at radius 1 is 1.39 bits per heavy atom. The Labute approximate surface area is 136 Å². The lowest BCUT2D eigenvalue weighted by molar-refractivity contribution is -0.139. The van der Waals surface area contributed by atoms with Gasteiger partial charge in [-0.15, -0.1) is 0 Å². The van der Waals surface area contributed by atoms with Gasteiger partial charge in [-0.3, -0.25) is 4.79 Å². The smallest absolute Gasteiger partial charge is 0.223 e. The minimum Gasteiger partial charge on any atom is -0.377 e. The van der Waals surface area contributed by atoms with Crippen molar-refractivity contribution in [1.29, 1.82) is 0 Å². The van der Waals surface area contributed by atoms with E-state index in [0.717, 1.165) is 28.3 Å². The summed E-state index contributed by atoms with van der Waals surface area (Å²) in [5, 5.41) is 4.49. The molecule has 6 nitrogen and oxygen atoms in total. The first kappa shape index (κ1) is 15.9. The zero-order valence-corrected chi connectivity index (χ0v) is 14.3. The minimum absolute atomic E-state index is 0.160. The normalized spacial score (nSPS) is 18.6. The molecular formula is C17H24N4O2. The predicted molar refractivity (Wildman–Crippen MR) is 87.5 cm³/mol. The van der Waals surface area contributed by atoms with E-state index < -0.39 is 0 Å². The van der Waals surface area contributed by atoms with Gasteiger partial charge in [0.2, 0.25) is 5.91 Å². The van der Waals surface area contributed by atoms with E-state index in [2.05, 4.69) is 10.1 Å². The van der Waals surface area contributed by atoms with E-state index in [0.29, 0.717) is 32.6 Å². The van der Waals surface area contributed by atoms with E-state index in [1.165, 1.54) is 0 Å². The second-order valence-corrected chi connectivity index (χ2v) is 6.33. The van der Waals surface area contributed by atoms with Crippen LogP contribution < -0.4 is 0 Å². The quantitative estimate of drug-likeness (QED) is 0.867. The molecule has 1 fully saturated rings. The van der Waals surface area contributed by atoms with Crippen LogP contribution in [0.25, 0.3) is 5.65 Å². The number of aromatic nitrogens is 3. The van der Waals surface area contributed by atoms with E-state index in [4.69, 9.17) is 4.74 Å². The van der Waals surface area contributed by atoms with Gasteiger partial charge in [0, 0.05) is 30.4 Å². The molecule has 3 heterocycles. The Hall–Kier alpha value is -1.95. The van der Waals surface area contributed by atoms with Crippen molar-refractivity contribution >= 4 is 11.6 Å². The Bertz CT molecular complexity index is 738. The number of aryl methyl sites for hydroxylation is 3. The SMILES string of the molecule is Cc1cc2nc(C)c(CCC(=O)N3CCOCC3C)c(C)n2n1. The van der Waals surface area contributed by atoms with Crippen LogP contribution in [0.2, 0.25) is 0 Å². The highest BCUT2D eigenvalue weighted by Gasteiger charge is 2.24. The first-order valence-electron chi connectivity index (χ1n) is 8.17. The number of nitrogens with zero attached hydrogens (tertiary/aromatic N) is 4. The molecule has 1 aliphatic heterocycles. The molecule has 23 heavy (non-hydrogen) atoms. The average molecular weight is 316 g/mol. The summed E-state index contributed by atoms with van der Waals surface area (Å²) in [6, 6.07) is 2.14. The van der Waals surface area contributed by atoms with E-state index in [1.807, 2.05) is 43.2 Å². The number of morpholine rings is 1. The lowest BCUT2D eigenvalue weighted by Crippen LogP contribution is -2.47. The van der Waals surface area contributed by atoms with Crippen LogP contribution in [0.5, 0.6) is 0 Å². The zero-order chi connectivity index (χ0) is 16.6. The third kappa shape index (κ3) is 3.08. The second kappa shape index (κ2) is 6.28. The maximum absolute atomic E-state index is 12.5. The van der Waals surface area contributed by atoms with Crippen LogP contribution in [0.15, 0.2) is 6.07 Å². The molecule has 6 heteroatoms. The highest BCUT2D eigenvalue weighted by atomic mass is 16.5. The highest BCUT2D eigenvalue weighted by Crippen LogP contribution is 2.18. The average Bonchev–Trinajstić information content (AvgIpc) is 2.88. The number of ether oxygens (including phenoxy) is 1. The van der Waals surface area contributed by atoms with Crippen molar-refractivity contribution in [3.63, 3.8) is 0 Å². The molecule has 1 unspecified atom stereocenters. The summed E-state index contributed by atoms with van der Waals surface area (Å²) >= 11 is 0. The van der Waals surface area contributed by atoms with Gasteiger partial charge < -0.3 is 9.64 Å². The van der Waals surface area contributed by atoms with E-state index in [-0.39, 0.29) is 11.9 Å². The number of carbonyl (C=O) groups is 1. The molecule has 0 radical (unpaired) electrons. The summed E-state index contributed by atoms with van der Waals surface area (Å²) in [4.78, 5) is 19.0. The Morgan fingerprint density at radius 3 is 2.91 bits per heavy atom. The topological polar surface area (TPSA) is 59.7 Å². The van der Waals surface area contributed by atoms with Crippen molar-refractivity contribution in [3.8, 4) is 0 Å². The monoisotopic (exact) mass is 316 g/mol. The summed E-state index contributed by atoms with van der Waals surface area (Å²) in [6.45, 7) is 10.0. The van der Waals surface area contributed by atoms with Gasteiger partial charge in [0.25, 0.3) is 0 Å². The largest absolute Gasteiger partial charge is 0.377 e. The lowest BCUT2D eigenvalue weighted by atomic mass is 10.1. The lowest BCUT2D eigenvalue weighted by Gasteiger charge is -2.33. The summed E-state index contributed by atoms with van der Waals surface area (Å²) in [7, 11) is 0. The molecule has 0 aliphatic carbocycles. The summed E-state index contributed by atoms with van der Waals surface area (Å²) in [5.74, 6) is 0.191. The fourth-order valence-corrected chi connectivity index (χ4v) is 3.28. The molecule has 2 aromatic heterocycles. The molecule has 0 spiro atoms. The number of fused-ring (bicyclic) bond motifs is 1. The van der Waals surface area contributed by atoms with Gasteiger partial charge in [0.05, 0.1) is 24.9 Å². The summed E-state index contributed by atoms with van der Waals surface area (Å²) in [6.07, 6.45) is 1.20. The van der Waals surface area contributed by atoms with Gasteiger partial charge in [0.15, 0.2) is 5.65 Å². The fourth-order valence-electron chi connectivity index (χ4n) is 3.28. The molecule has 0 aromatic carbocycles. The Morgan fingerprint density at radius 2 is 2.17 bits per heavy atom. The van der Waals surface area contributed by atoms with E-state index in [1.54, 1.807) is 0 Å². The standard InChI is InChI=1S/C17H24N4O2/c1-11-9-16-18-13(3)15(14(4)21(16)19-11)5-6-17(22)20-7-8-23-10-12(20)2/h9,12H,5-8,10H2,1-4H3. The van der Waals surface area contributed by atoms with Crippen molar-refractivity contribution in [2.24, 2.45) is 0 Å². The molecule has 124 valence electrons.